The SMILES string of the molecule is CCCCOc1ncccc1CNC(=O)c1sc(-c2cccs2)nc1C. The van der Waals surface area contributed by atoms with Gasteiger partial charge in [-0.25, -0.2) is 9.97 Å². The lowest BCUT2D eigenvalue weighted by atomic mass is 10.2. The fourth-order valence-corrected chi connectivity index (χ4v) is 4.15. The highest BCUT2D eigenvalue weighted by atomic mass is 32.1. The number of hydrogen-bond acceptors (Lipinski definition) is 6. The highest BCUT2D eigenvalue weighted by Gasteiger charge is 2.17. The van der Waals surface area contributed by atoms with Gasteiger partial charge in [0, 0.05) is 18.3 Å². The van der Waals surface area contributed by atoms with E-state index in [1.165, 1.54) is 11.3 Å². The normalized spacial score (nSPS) is 10.7. The summed E-state index contributed by atoms with van der Waals surface area (Å²) in [6.07, 6.45) is 3.75. The molecule has 0 atom stereocenters. The maximum atomic E-state index is 12.6. The molecular weight excluding hydrogens is 366 g/mol. The van der Waals surface area contributed by atoms with Gasteiger partial charge in [0.2, 0.25) is 5.88 Å². The molecule has 0 fully saturated rings. The fourth-order valence-electron chi connectivity index (χ4n) is 2.37. The first-order chi connectivity index (χ1) is 12.7. The van der Waals surface area contributed by atoms with Gasteiger partial charge >= 0.3 is 0 Å². The number of ether oxygens (including phenoxy) is 1. The summed E-state index contributed by atoms with van der Waals surface area (Å²) in [5, 5.41) is 5.85. The standard InChI is InChI=1S/C19H21N3O2S2/c1-3-4-10-24-18-14(7-5-9-20-18)12-21-17(23)16-13(2)22-19(26-16)15-8-6-11-25-15/h5-9,11H,3-4,10,12H2,1-2H3,(H,21,23). The van der Waals surface area contributed by atoms with E-state index in [1.54, 1.807) is 17.5 Å². The summed E-state index contributed by atoms with van der Waals surface area (Å²) in [4.78, 5) is 23.1. The molecule has 0 aromatic carbocycles. The van der Waals surface area contributed by atoms with Crippen molar-refractivity contribution in [3.63, 3.8) is 0 Å². The van der Waals surface area contributed by atoms with E-state index in [-0.39, 0.29) is 5.91 Å². The zero-order valence-corrected chi connectivity index (χ0v) is 16.5. The van der Waals surface area contributed by atoms with Crippen LogP contribution >= 0.6 is 22.7 Å². The third-order valence-corrected chi connectivity index (χ3v) is 5.96. The highest BCUT2D eigenvalue weighted by molar-refractivity contribution is 7.22. The Hall–Kier alpha value is -2.25. The number of carbonyl (C=O) groups excluding carboxylic acids is 1. The number of thiophene rings is 1. The Morgan fingerprint density at radius 1 is 1.31 bits per heavy atom. The van der Waals surface area contributed by atoms with E-state index >= 15 is 0 Å². The average Bonchev–Trinajstić information content (AvgIpc) is 3.30. The van der Waals surface area contributed by atoms with Crippen molar-refractivity contribution in [1.82, 2.24) is 15.3 Å². The number of rotatable bonds is 8. The molecule has 0 aliphatic heterocycles. The van der Waals surface area contributed by atoms with Gasteiger partial charge in [0.05, 0.1) is 17.2 Å². The minimum absolute atomic E-state index is 0.119. The molecule has 7 heteroatoms. The third-order valence-electron chi connectivity index (χ3n) is 3.76. The van der Waals surface area contributed by atoms with Crippen LogP contribution in [0.15, 0.2) is 35.8 Å². The third kappa shape index (κ3) is 4.47. The first-order valence-corrected chi connectivity index (χ1v) is 10.2. The van der Waals surface area contributed by atoms with Crippen molar-refractivity contribution in [2.24, 2.45) is 0 Å². The first-order valence-electron chi connectivity index (χ1n) is 8.55. The van der Waals surface area contributed by atoms with E-state index in [1.807, 2.05) is 36.6 Å². The van der Waals surface area contributed by atoms with Gasteiger partial charge in [0.15, 0.2) is 0 Å². The van der Waals surface area contributed by atoms with Gasteiger partial charge in [0.25, 0.3) is 5.91 Å². The predicted molar refractivity (Wildman–Crippen MR) is 106 cm³/mol. The van der Waals surface area contributed by atoms with Gasteiger partial charge in [-0.2, -0.15) is 0 Å². The van der Waals surface area contributed by atoms with Crippen LogP contribution in [-0.2, 0) is 6.54 Å². The van der Waals surface area contributed by atoms with E-state index in [2.05, 4.69) is 22.2 Å². The summed E-state index contributed by atoms with van der Waals surface area (Å²) in [6.45, 7) is 4.99. The molecule has 0 aliphatic carbocycles. The van der Waals surface area contributed by atoms with Crippen molar-refractivity contribution in [2.45, 2.75) is 33.2 Å². The van der Waals surface area contributed by atoms with Gasteiger partial charge in [-0.1, -0.05) is 25.5 Å². The molecule has 0 bridgehead atoms. The van der Waals surface area contributed by atoms with Crippen LogP contribution in [0.1, 0.15) is 40.7 Å². The van der Waals surface area contributed by atoms with Crippen molar-refractivity contribution in [3.8, 4) is 15.8 Å². The van der Waals surface area contributed by atoms with Crippen molar-refractivity contribution in [2.75, 3.05) is 6.61 Å². The van der Waals surface area contributed by atoms with Crippen LogP contribution in [0.4, 0.5) is 0 Å². The number of nitrogens with zero attached hydrogens (tertiary/aromatic N) is 2. The van der Waals surface area contributed by atoms with Crippen LogP contribution in [0.25, 0.3) is 9.88 Å². The second-order valence-corrected chi connectivity index (χ2v) is 7.71. The number of aromatic nitrogens is 2. The van der Waals surface area contributed by atoms with Crippen LogP contribution in [0.2, 0.25) is 0 Å². The number of carbonyl (C=O) groups is 1. The monoisotopic (exact) mass is 387 g/mol. The summed E-state index contributed by atoms with van der Waals surface area (Å²) in [7, 11) is 0. The Morgan fingerprint density at radius 3 is 2.96 bits per heavy atom. The quantitative estimate of drug-likeness (QED) is 0.570. The van der Waals surface area contributed by atoms with Gasteiger partial charge < -0.3 is 10.1 Å². The van der Waals surface area contributed by atoms with Crippen LogP contribution in [0.3, 0.4) is 0 Å². The number of hydrogen-bond donors (Lipinski definition) is 1. The molecule has 0 saturated heterocycles. The smallest absolute Gasteiger partial charge is 0.263 e. The first kappa shape index (κ1) is 18.5. The van der Waals surface area contributed by atoms with Gasteiger partial charge in [0.1, 0.15) is 9.88 Å². The van der Waals surface area contributed by atoms with Crippen molar-refractivity contribution in [1.29, 1.82) is 0 Å². The van der Waals surface area contributed by atoms with Gasteiger partial charge in [-0.15, -0.1) is 22.7 Å². The Morgan fingerprint density at radius 2 is 2.19 bits per heavy atom. The molecule has 3 aromatic rings. The Bertz CT molecular complexity index is 860. The minimum Gasteiger partial charge on any atom is -0.477 e. The molecule has 0 unspecified atom stereocenters. The number of unbranched alkanes of at least 4 members (excludes halogenated alkanes) is 1. The molecule has 3 rings (SSSR count). The van der Waals surface area contributed by atoms with Crippen molar-refractivity contribution >= 4 is 28.6 Å². The summed E-state index contributed by atoms with van der Waals surface area (Å²) in [5.74, 6) is 0.465. The summed E-state index contributed by atoms with van der Waals surface area (Å²) < 4.78 is 5.72. The molecule has 3 aromatic heterocycles. The summed E-state index contributed by atoms with van der Waals surface area (Å²) >= 11 is 3.04. The fraction of sp³-hybridized carbons (Fsp3) is 0.316. The van der Waals surface area contributed by atoms with Crippen molar-refractivity contribution in [3.05, 3.63) is 52.0 Å². The van der Waals surface area contributed by atoms with Crippen LogP contribution in [0.5, 0.6) is 5.88 Å². The Kier molecular flexibility index (Phi) is 6.35. The van der Waals surface area contributed by atoms with E-state index in [0.717, 1.165) is 34.0 Å². The van der Waals surface area contributed by atoms with Gasteiger partial charge in [-0.05, 0) is 30.9 Å². The second kappa shape index (κ2) is 8.91. The molecule has 0 radical (unpaired) electrons. The molecule has 136 valence electrons. The zero-order chi connectivity index (χ0) is 18.4. The molecule has 1 N–H and O–H groups in total. The predicted octanol–water partition coefficient (Wildman–Crippen LogP) is 4.68. The Labute approximate surface area is 161 Å². The molecule has 1 amide bonds. The van der Waals surface area contributed by atoms with E-state index in [4.69, 9.17) is 4.74 Å². The molecule has 26 heavy (non-hydrogen) atoms. The molecule has 3 heterocycles. The molecule has 0 spiro atoms. The highest BCUT2D eigenvalue weighted by Crippen LogP contribution is 2.31. The number of thiazole rings is 1. The lowest BCUT2D eigenvalue weighted by Gasteiger charge is -2.10. The van der Waals surface area contributed by atoms with Crippen LogP contribution < -0.4 is 10.1 Å². The topological polar surface area (TPSA) is 64.1 Å². The number of amides is 1. The lowest BCUT2D eigenvalue weighted by Crippen LogP contribution is -2.23. The van der Waals surface area contributed by atoms with E-state index in [9.17, 15) is 4.79 Å². The van der Waals surface area contributed by atoms with Crippen LogP contribution in [-0.4, -0.2) is 22.5 Å². The Balaban J connectivity index is 1.66. The van der Waals surface area contributed by atoms with E-state index in [0.29, 0.717) is 23.9 Å². The second-order valence-electron chi connectivity index (χ2n) is 5.76. The van der Waals surface area contributed by atoms with Crippen molar-refractivity contribution < 1.29 is 9.53 Å². The van der Waals surface area contributed by atoms with E-state index < -0.39 is 0 Å². The molecule has 5 nitrogen and oxygen atoms in total. The van der Waals surface area contributed by atoms with Crippen LogP contribution in [0, 0.1) is 6.92 Å². The number of nitrogens with one attached hydrogen (secondary N) is 1. The maximum Gasteiger partial charge on any atom is 0.263 e. The number of aryl methyl sites for hydroxylation is 1. The number of pyridine rings is 1. The molecule has 0 saturated carbocycles. The average molecular weight is 388 g/mol. The zero-order valence-electron chi connectivity index (χ0n) is 14.8. The largest absolute Gasteiger partial charge is 0.477 e. The summed E-state index contributed by atoms with van der Waals surface area (Å²) in [5.41, 5.74) is 1.62. The summed E-state index contributed by atoms with van der Waals surface area (Å²) in [6, 6.07) is 7.77. The maximum absolute atomic E-state index is 12.6. The minimum atomic E-state index is -0.119. The van der Waals surface area contributed by atoms with Gasteiger partial charge in [-0.3, -0.25) is 4.79 Å². The lowest BCUT2D eigenvalue weighted by molar-refractivity contribution is 0.0954. The molecular formula is C19H21N3O2S2. The molecule has 0 aliphatic rings.